The second-order valence-electron chi connectivity index (χ2n) is 9.18. The number of piperidine rings is 1. The molecule has 1 spiro atoms. The van der Waals surface area contributed by atoms with Crippen LogP contribution in [0.15, 0.2) is 42.6 Å². The average molecular weight is 464 g/mol. The molecule has 0 aliphatic carbocycles. The average Bonchev–Trinajstić information content (AvgIpc) is 3.22. The van der Waals surface area contributed by atoms with E-state index in [4.69, 9.17) is 16.3 Å². The molecule has 1 aromatic heterocycles. The normalized spacial score (nSPS) is 17.1. The van der Waals surface area contributed by atoms with Crippen LogP contribution in [0.2, 0.25) is 5.02 Å². The molecule has 170 valence electrons. The minimum atomic E-state index is -0.553. The number of aromatic nitrogens is 2. The molecule has 1 amide bonds. The summed E-state index contributed by atoms with van der Waals surface area (Å²) in [5.41, 5.74) is 4.41. The quantitative estimate of drug-likeness (QED) is 0.536. The van der Waals surface area contributed by atoms with Crippen molar-refractivity contribution in [2.45, 2.75) is 38.7 Å². The summed E-state index contributed by atoms with van der Waals surface area (Å²) in [6, 6.07) is 11.2. The predicted octanol–water partition coefficient (Wildman–Crippen LogP) is 5.00. The van der Waals surface area contributed by atoms with Crippen molar-refractivity contribution in [1.29, 1.82) is 0 Å². The van der Waals surface area contributed by atoms with Crippen LogP contribution in [-0.2, 0) is 7.05 Å². The zero-order chi connectivity index (χ0) is 23.3. The largest absolute Gasteiger partial charge is 0.486 e. The highest BCUT2D eigenvalue weighted by atomic mass is 35.5. The van der Waals surface area contributed by atoms with Crippen LogP contribution in [0.5, 0.6) is 5.75 Å². The number of carbonyl (C=O) groups is 2. The summed E-state index contributed by atoms with van der Waals surface area (Å²) >= 11 is 6.41. The van der Waals surface area contributed by atoms with Crippen LogP contribution >= 0.6 is 11.6 Å². The first kappa shape index (κ1) is 21.7. The van der Waals surface area contributed by atoms with Gasteiger partial charge in [0.2, 0.25) is 0 Å². The van der Waals surface area contributed by atoms with E-state index in [1.165, 1.54) is 0 Å². The van der Waals surface area contributed by atoms with Crippen molar-refractivity contribution in [2.75, 3.05) is 13.1 Å². The van der Waals surface area contributed by atoms with Gasteiger partial charge in [0.15, 0.2) is 5.78 Å². The number of nitrogens with zero attached hydrogens (tertiary/aromatic N) is 3. The Kier molecular flexibility index (Phi) is 5.28. The minimum Gasteiger partial charge on any atom is -0.486 e. The van der Waals surface area contributed by atoms with Gasteiger partial charge in [0.05, 0.1) is 28.3 Å². The van der Waals surface area contributed by atoms with Crippen LogP contribution in [0.4, 0.5) is 0 Å². The molecule has 0 radical (unpaired) electrons. The minimum absolute atomic E-state index is 0.110. The summed E-state index contributed by atoms with van der Waals surface area (Å²) in [7, 11) is 1.86. The highest BCUT2D eigenvalue weighted by Crippen LogP contribution is 2.40. The van der Waals surface area contributed by atoms with Crippen molar-refractivity contribution in [3.63, 3.8) is 0 Å². The highest BCUT2D eigenvalue weighted by molar-refractivity contribution is 6.34. The van der Waals surface area contributed by atoms with Crippen molar-refractivity contribution in [3.05, 3.63) is 69.9 Å². The van der Waals surface area contributed by atoms with Gasteiger partial charge in [-0.2, -0.15) is 5.10 Å². The van der Waals surface area contributed by atoms with E-state index in [1.807, 2.05) is 51.4 Å². The lowest BCUT2D eigenvalue weighted by atomic mass is 9.81. The van der Waals surface area contributed by atoms with Gasteiger partial charge >= 0.3 is 0 Å². The fraction of sp³-hybridized carbons (Fsp3) is 0.346. The standard InChI is InChI=1S/C26H26ClN3O3/c1-16-12-20-23(31)15-26(33-24(20)13-17(16)2)7-10-30(11-8-26)25(32)19-14-18(4-5-21(19)27)22-6-9-29(3)28-22/h4-6,9,12-14H,7-8,10-11,15H2,1-3H3. The molecule has 2 aliphatic heterocycles. The summed E-state index contributed by atoms with van der Waals surface area (Å²) < 4.78 is 8.13. The topological polar surface area (TPSA) is 64.4 Å². The van der Waals surface area contributed by atoms with Gasteiger partial charge in [-0.05, 0) is 55.3 Å². The Morgan fingerprint density at radius 2 is 1.82 bits per heavy atom. The first-order valence-electron chi connectivity index (χ1n) is 11.2. The summed E-state index contributed by atoms with van der Waals surface area (Å²) in [4.78, 5) is 28.0. The van der Waals surface area contributed by atoms with E-state index in [0.29, 0.717) is 54.3 Å². The Labute approximate surface area is 198 Å². The number of likely N-dealkylation sites (tertiary alicyclic amines) is 1. The van der Waals surface area contributed by atoms with Crippen LogP contribution in [0.3, 0.4) is 0 Å². The molecule has 0 saturated carbocycles. The number of benzene rings is 2. The molecule has 0 bridgehead atoms. The molecule has 33 heavy (non-hydrogen) atoms. The molecule has 3 heterocycles. The number of amides is 1. The molecular formula is C26H26ClN3O3. The smallest absolute Gasteiger partial charge is 0.255 e. The Morgan fingerprint density at radius 3 is 2.52 bits per heavy atom. The van der Waals surface area contributed by atoms with E-state index < -0.39 is 5.60 Å². The number of hydrogen-bond acceptors (Lipinski definition) is 4. The molecule has 0 atom stereocenters. The van der Waals surface area contributed by atoms with E-state index in [2.05, 4.69) is 5.10 Å². The molecular weight excluding hydrogens is 438 g/mol. The van der Waals surface area contributed by atoms with Gasteiger partial charge in [-0.25, -0.2) is 0 Å². The molecule has 3 aromatic rings. The fourth-order valence-electron chi connectivity index (χ4n) is 4.73. The lowest BCUT2D eigenvalue weighted by Crippen LogP contribution is -2.52. The number of hydrogen-bond donors (Lipinski definition) is 0. The van der Waals surface area contributed by atoms with E-state index >= 15 is 0 Å². The Morgan fingerprint density at radius 1 is 1.09 bits per heavy atom. The Balaban J connectivity index is 1.34. The predicted molar refractivity (Wildman–Crippen MR) is 127 cm³/mol. The summed E-state index contributed by atoms with van der Waals surface area (Å²) in [6.07, 6.45) is 3.42. The molecule has 0 N–H and O–H groups in total. The second-order valence-corrected chi connectivity index (χ2v) is 9.59. The molecule has 1 saturated heterocycles. The maximum atomic E-state index is 13.3. The molecule has 0 unspecified atom stereocenters. The fourth-order valence-corrected chi connectivity index (χ4v) is 4.93. The van der Waals surface area contributed by atoms with E-state index in [-0.39, 0.29) is 11.7 Å². The number of rotatable bonds is 2. The summed E-state index contributed by atoms with van der Waals surface area (Å²) in [6.45, 7) is 5.05. The third-order valence-corrected chi connectivity index (χ3v) is 7.20. The number of ketones is 1. The monoisotopic (exact) mass is 463 g/mol. The molecule has 6 nitrogen and oxygen atoms in total. The number of ether oxygens (including phenoxy) is 1. The van der Waals surface area contributed by atoms with Gasteiger partial charge < -0.3 is 9.64 Å². The lowest BCUT2D eigenvalue weighted by molar-refractivity contribution is -0.00574. The zero-order valence-electron chi connectivity index (χ0n) is 19.0. The van der Waals surface area contributed by atoms with E-state index in [1.54, 1.807) is 21.7 Å². The number of carbonyl (C=O) groups excluding carboxylic acids is 2. The number of halogens is 1. The van der Waals surface area contributed by atoms with Crippen molar-refractivity contribution in [2.24, 2.45) is 7.05 Å². The Bertz CT molecular complexity index is 1270. The van der Waals surface area contributed by atoms with Crippen LogP contribution in [0, 0.1) is 13.8 Å². The van der Waals surface area contributed by atoms with Gasteiger partial charge in [0.1, 0.15) is 11.4 Å². The third-order valence-electron chi connectivity index (χ3n) is 6.87. The first-order chi connectivity index (χ1) is 15.7. The highest BCUT2D eigenvalue weighted by Gasteiger charge is 2.44. The van der Waals surface area contributed by atoms with Gasteiger partial charge in [-0.15, -0.1) is 0 Å². The van der Waals surface area contributed by atoms with Crippen LogP contribution in [0.1, 0.15) is 51.1 Å². The molecule has 2 aliphatic rings. The number of Topliss-reactive ketones (excluding diaryl/α,β-unsaturated/α-hetero) is 1. The lowest BCUT2D eigenvalue weighted by Gasteiger charge is -2.44. The number of fused-ring (bicyclic) bond motifs is 1. The Hall–Kier alpha value is -3.12. The van der Waals surface area contributed by atoms with Crippen LogP contribution in [0.25, 0.3) is 11.3 Å². The van der Waals surface area contributed by atoms with E-state index in [0.717, 1.165) is 22.4 Å². The van der Waals surface area contributed by atoms with Crippen molar-refractivity contribution in [3.8, 4) is 17.0 Å². The summed E-state index contributed by atoms with van der Waals surface area (Å²) in [5, 5.41) is 4.84. The van der Waals surface area contributed by atoms with Gasteiger partial charge in [0, 0.05) is 44.7 Å². The first-order valence-corrected chi connectivity index (χ1v) is 11.5. The molecule has 5 rings (SSSR count). The van der Waals surface area contributed by atoms with Crippen molar-refractivity contribution < 1.29 is 14.3 Å². The SMILES string of the molecule is Cc1cc2c(cc1C)C(=O)CC1(CCN(C(=O)c3cc(-c4ccn(C)n4)ccc3Cl)CC1)O2. The summed E-state index contributed by atoms with van der Waals surface area (Å²) in [5.74, 6) is 0.673. The van der Waals surface area contributed by atoms with Crippen molar-refractivity contribution >= 4 is 23.3 Å². The van der Waals surface area contributed by atoms with Gasteiger partial charge in [-0.1, -0.05) is 17.7 Å². The van der Waals surface area contributed by atoms with E-state index in [9.17, 15) is 9.59 Å². The third kappa shape index (κ3) is 3.93. The van der Waals surface area contributed by atoms with Gasteiger partial charge in [0.25, 0.3) is 5.91 Å². The zero-order valence-corrected chi connectivity index (χ0v) is 19.8. The van der Waals surface area contributed by atoms with Crippen LogP contribution in [-0.4, -0.2) is 45.1 Å². The van der Waals surface area contributed by atoms with Crippen molar-refractivity contribution in [1.82, 2.24) is 14.7 Å². The molecule has 2 aromatic carbocycles. The second kappa shape index (κ2) is 8.03. The van der Waals surface area contributed by atoms with Crippen LogP contribution < -0.4 is 4.74 Å². The maximum Gasteiger partial charge on any atom is 0.255 e. The maximum absolute atomic E-state index is 13.3. The van der Waals surface area contributed by atoms with Gasteiger partial charge in [-0.3, -0.25) is 14.3 Å². The number of aryl methyl sites for hydroxylation is 3. The molecule has 1 fully saturated rings. The molecule has 7 heteroatoms.